The normalized spacial score (nSPS) is 19.2. The van der Waals surface area contributed by atoms with Gasteiger partial charge in [-0.15, -0.1) is 0 Å². The minimum absolute atomic E-state index is 0.251. The predicted molar refractivity (Wildman–Crippen MR) is 31.8 cm³/mol. The molecule has 1 aliphatic rings. The van der Waals surface area contributed by atoms with Crippen molar-refractivity contribution in [2.45, 2.75) is 12.6 Å². The summed E-state index contributed by atoms with van der Waals surface area (Å²) in [6.45, 7) is 0.290. The summed E-state index contributed by atoms with van der Waals surface area (Å²) >= 11 is 0. The number of carbonyl (C=O) groups is 1. The third kappa shape index (κ3) is 1.72. The van der Waals surface area contributed by atoms with E-state index in [0.29, 0.717) is 6.54 Å². The zero-order valence-electron chi connectivity index (χ0n) is 5.53. The molecule has 0 fully saturated rings. The summed E-state index contributed by atoms with van der Waals surface area (Å²) in [4.78, 5) is 10.5. The van der Waals surface area contributed by atoms with Crippen molar-refractivity contribution >= 4 is 5.91 Å². The standard InChI is InChI=1S/C6H6F3NO/c7-6(8,9)4-2-1-3-10-5(4)11/h2H,1,3H2,(H,10,11). The lowest BCUT2D eigenvalue weighted by atomic mass is 10.1. The second-order valence-electron chi connectivity index (χ2n) is 2.16. The molecule has 1 heterocycles. The Balaban J connectivity index is 2.85. The van der Waals surface area contributed by atoms with Gasteiger partial charge in [-0.2, -0.15) is 13.2 Å². The molecular formula is C6H6F3NO. The molecular weight excluding hydrogens is 159 g/mol. The van der Waals surface area contributed by atoms with E-state index in [1.54, 1.807) is 0 Å². The topological polar surface area (TPSA) is 29.1 Å². The lowest BCUT2D eigenvalue weighted by Crippen LogP contribution is -2.35. The lowest BCUT2D eigenvalue weighted by molar-refractivity contribution is -0.131. The van der Waals surface area contributed by atoms with Crippen molar-refractivity contribution in [3.8, 4) is 0 Å². The van der Waals surface area contributed by atoms with Gasteiger partial charge in [0, 0.05) is 6.54 Å². The summed E-state index contributed by atoms with van der Waals surface area (Å²) in [5.74, 6) is -1.02. The van der Waals surface area contributed by atoms with E-state index in [4.69, 9.17) is 0 Å². The number of carbonyl (C=O) groups excluding carboxylic acids is 1. The number of nitrogens with one attached hydrogen (secondary N) is 1. The van der Waals surface area contributed by atoms with E-state index < -0.39 is 17.7 Å². The highest BCUT2D eigenvalue weighted by molar-refractivity contribution is 5.95. The van der Waals surface area contributed by atoms with Crippen LogP contribution in [0.5, 0.6) is 0 Å². The van der Waals surface area contributed by atoms with E-state index in [-0.39, 0.29) is 6.42 Å². The van der Waals surface area contributed by atoms with Crippen LogP contribution in [0.4, 0.5) is 13.2 Å². The fourth-order valence-corrected chi connectivity index (χ4v) is 0.835. The predicted octanol–water partition coefficient (Wildman–Crippen LogP) is 0.995. The maximum absolute atomic E-state index is 11.9. The summed E-state index contributed by atoms with van der Waals surface area (Å²) in [5.41, 5.74) is -1.08. The third-order valence-corrected chi connectivity index (χ3v) is 1.33. The SMILES string of the molecule is O=C1NCCC=C1C(F)(F)F. The first-order valence-corrected chi connectivity index (χ1v) is 3.07. The van der Waals surface area contributed by atoms with Crippen LogP contribution in [0.15, 0.2) is 11.6 Å². The van der Waals surface area contributed by atoms with Crippen molar-refractivity contribution < 1.29 is 18.0 Å². The highest BCUT2D eigenvalue weighted by Gasteiger charge is 2.39. The molecule has 0 saturated heterocycles. The number of alkyl halides is 3. The van der Waals surface area contributed by atoms with Crippen LogP contribution in [0, 0.1) is 0 Å². The molecule has 2 nitrogen and oxygen atoms in total. The summed E-state index contributed by atoms with van der Waals surface area (Å²) < 4.78 is 35.6. The molecule has 62 valence electrons. The molecule has 0 aromatic heterocycles. The molecule has 0 atom stereocenters. The van der Waals surface area contributed by atoms with Gasteiger partial charge in [0.15, 0.2) is 0 Å². The zero-order valence-corrected chi connectivity index (χ0v) is 5.53. The van der Waals surface area contributed by atoms with Gasteiger partial charge < -0.3 is 5.32 Å². The molecule has 0 aliphatic carbocycles. The highest BCUT2D eigenvalue weighted by atomic mass is 19.4. The molecule has 0 radical (unpaired) electrons. The van der Waals surface area contributed by atoms with Crippen molar-refractivity contribution in [3.05, 3.63) is 11.6 Å². The van der Waals surface area contributed by atoms with Gasteiger partial charge in [-0.3, -0.25) is 4.79 Å². The number of amides is 1. The first-order chi connectivity index (χ1) is 5.02. The minimum atomic E-state index is -4.51. The molecule has 0 bridgehead atoms. The Morgan fingerprint density at radius 1 is 1.45 bits per heavy atom. The van der Waals surface area contributed by atoms with Crippen LogP contribution in [0.1, 0.15) is 6.42 Å². The van der Waals surface area contributed by atoms with E-state index in [0.717, 1.165) is 6.08 Å². The first kappa shape index (κ1) is 8.10. The molecule has 0 aromatic carbocycles. The maximum Gasteiger partial charge on any atom is 0.421 e. The van der Waals surface area contributed by atoms with Crippen LogP contribution in [0.3, 0.4) is 0 Å². The number of rotatable bonds is 0. The third-order valence-electron chi connectivity index (χ3n) is 1.33. The average Bonchev–Trinajstić information content (AvgIpc) is 1.86. The van der Waals surface area contributed by atoms with Gasteiger partial charge in [-0.1, -0.05) is 6.08 Å². The Morgan fingerprint density at radius 3 is 2.45 bits per heavy atom. The second-order valence-corrected chi connectivity index (χ2v) is 2.16. The fraction of sp³-hybridized carbons (Fsp3) is 0.500. The van der Waals surface area contributed by atoms with Crippen molar-refractivity contribution in [3.63, 3.8) is 0 Å². The van der Waals surface area contributed by atoms with Crippen molar-refractivity contribution in [1.29, 1.82) is 0 Å². The number of hydrogen-bond donors (Lipinski definition) is 1. The molecule has 1 rings (SSSR count). The summed E-state index contributed by atoms with van der Waals surface area (Å²) in [7, 11) is 0. The van der Waals surface area contributed by atoms with Crippen LogP contribution in [0.2, 0.25) is 0 Å². The van der Waals surface area contributed by atoms with E-state index in [2.05, 4.69) is 5.32 Å². The zero-order chi connectivity index (χ0) is 8.48. The molecule has 0 aromatic rings. The van der Waals surface area contributed by atoms with Crippen LogP contribution in [0.25, 0.3) is 0 Å². The van der Waals surface area contributed by atoms with Crippen molar-refractivity contribution in [2.75, 3.05) is 6.54 Å². The van der Waals surface area contributed by atoms with Gasteiger partial charge in [-0.25, -0.2) is 0 Å². The van der Waals surface area contributed by atoms with Crippen LogP contribution < -0.4 is 5.32 Å². The van der Waals surface area contributed by atoms with Gasteiger partial charge in [0.1, 0.15) is 5.57 Å². The van der Waals surface area contributed by atoms with Crippen molar-refractivity contribution in [1.82, 2.24) is 5.32 Å². The van der Waals surface area contributed by atoms with Crippen LogP contribution in [-0.2, 0) is 4.79 Å². The summed E-state index contributed by atoms with van der Waals surface area (Å²) in [6.07, 6.45) is -3.34. The molecule has 1 amide bonds. The summed E-state index contributed by atoms with van der Waals surface area (Å²) in [6, 6.07) is 0. The Labute approximate surface area is 61.1 Å². The average molecular weight is 165 g/mol. The Kier molecular flexibility index (Phi) is 1.89. The second kappa shape index (κ2) is 2.56. The van der Waals surface area contributed by atoms with Crippen LogP contribution in [-0.4, -0.2) is 18.6 Å². The minimum Gasteiger partial charge on any atom is -0.352 e. The Morgan fingerprint density at radius 2 is 2.09 bits per heavy atom. The quantitative estimate of drug-likeness (QED) is 0.569. The van der Waals surface area contributed by atoms with Crippen molar-refractivity contribution in [2.24, 2.45) is 0 Å². The molecule has 0 saturated carbocycles. The molecule has 5 heteroatoms. The largest absolute Gasteiger partial charge is 0.421 e. The molecule has 0 unspecified atom stereocenters. The monoisotopic (exact) mass is 165 g/mol. The van der Waals surface area contributed by atoms with E-state index in [9.17, 15) is 18.0 Å². The number of hydrogen-bond acceptors (Lipinski definition) is 1. The van der Waals surface area contributed by atoms with E-state index in [1.165, 1.54) is 0 Å². The lowest BCUT2D eigenvalue weighted by Gasteiger charge is -2.15. The molecule has 0 spiro atoms. The molecule has 1 aliphatic heterocycles. The van der Waals surface area contributed by atoms with Gasteiger partial charge in [0.2, 0.25) is 0 Å². The fourth-order valence-electron chi connectivity index (χ4n) is 0.835. The summed E-state index contributed by atoms with van der Waals surface area (Å²) in [5, 5.41) is 2.11. The van der Waals surface area contributed by atoms with E-state index >= 15 is 0 Å². The molecule has 1 N–H and O–H groups in total. The van der Waals surface area contributed by atoms with E-state index in [1.807, 2.05) is 0 Å². The van der Waals surface area contributed by atoms with Gasteiger partial charge >= 0.3 is 6.18 Å². The first-order valence-electron chi connectivity index (χ1n) is 3.07. The van der Waals surface area contributed by atoms with Gasteiger partial charge in [-0.05, 0) is 6.42 Å². The van der Waals surface area contributed by atoms with Crippen LogP contribution >= 0.6 is 0 Å². The Hall–Kier alpha value is -1.00. The van der Waals surface area contributed by atoms with Gasteiger partial charge in [0.05, 0.1) is 0 Å². The number of halogens is 3. The molecule has 11 heavy (non-hydrogen) atoms. The van der Waals surface area contributed by atoms with Gasteiger partial charge in [0.25, 0.3) is 5.91 Å². The Bertz CT molecular complexity index is 206. The maximum atomic E-state index is 11.9. The highest BCUT2D eigenvalue weighted by Crippen LogP contribution is 2.26. The smallest absolute Gasteiger partial charge is 0.352 e.